The molecule has 0 fully saturated rings. The van der Waals surface area contributed by atoms with E-state index in [1.54, 1.807) is 0 Å². The molecule has 0 aromatic heterocycles. The number of alkyl halides is 24. The Morgan fingerprint density at radius 1 is 0.246 bits per heavy atom. The molecule has 0 atom stereocenters. The molecule has 29 heteroatoms. The molecule has 336 valence electrons. The summed E-state index contributed by atoms with van der Waals surface area (Å²) in [6.45, 7) is 0. The Balaban J connectivity index is 0.00000237. The van der Waals surface area contributed by atoms with Crippen LogP contribution >= 0.6 is 0 Å². The Morgan fingerprint density at radius 3 is 0.426 bits per heavy atom. The molecule has 0 aliphatic rings. The zero-order valence-electron chi connectivity index (χ0n) is 28.5. The highest BCUT2D eigenvalue weighted by Gasteiger charge is 2.47. The summed E-state index contributed by atoms with van der Waals surface area (Å²) in [5.41, 5.74) is -30.2. The molecule has 0 saturated carbocycles. The predicted molar refractivity (Wildman–Crippen MR) is 162 cm³/mol. The van der Waals surface area contributed by atoms with Gasteiger partial charge in [0, 0.05) is 0 Å². The van der Waals surface area contributed by atoms with E-state index in [0.717, 1.165) is 0 Å². The van der Waals surface area contributed by atoms with Crippen molar-refractivity contribution in [1.29, 1.82) is 0 Å². The third-order valence-electron chi connectivity index (χ3n) is 8.44. The molecule has 61 heavy (non-hydrogen) atoms. The average Bonchev–Trinajstić information content (AvgIpc) is 3.05. The zero-order chi connectivity index (χ0) is 47.5. The number of benzene rings is 4. The van der Waals surface area contributed by atoms with Gasteiger partial charge in [-0.25, -0.2) is 0 Å². The lowest BCUT2D eigenvalue weighted by molar-refractivity contribution is -0.144. The minimum Gasteiger partial charge on any atom is -0.402 e. The van der Waals surface area contributed by atoms with Gasteiger partial charge in [0.2, 0.25) is 0 Å². The lowest BCUT2D eigenvalue weighted by atomic mass is 9.12. The summed E-state index contributed by atoms with van der Waals surface area (Å²) in [4.78, 5) is 0. The topological polar surface area (TPSA) is 60.7 Å². The lowest BCUT2D eigenvalue weighted by Gasteiger charge is -2.46. The SMILES string of the molecule is FC(F)(F)c1cc([B-](c2cc(C(F)(F)F)cc(C(F)(F)F)c2)(c2cc(C(F)(F)F)cc(C(F)(F)F)c2)c2cc(C(F)(F)F)cc(C(F)(F)F)c2)cc(C(F)(F)F)c1.OB(O)O. The van der Waals surface area contributed by atoms with Crippen molar-refractivity contribution in [2.24, 2.45) is 0 Å². The second-order valence-electron chi connectivity index (χ2n) is 12.6. The third-order valence-corrected chi connectivity index (χ3v) is 8.44. The molecule has 0 bridgehead atoms. The van der Waals surface area contributed by atoms with Crippen molar-refractivity contribution in [2.45, 2.75) is 49.4 Å². The molecule has 3 nitrogen and oxygen atoms in total. The van der Waals surface area contributed by atoms with Crippen LogP contribution in [-0.4, -0.2) is 28.5 Å². The van der Waals surface area contributed by atoms with Gasteiger partial charge in [-0.05, 0) is 24.3 Å². The monoisotopic (exact) mass is 925 g/mol. The first-order chi connectivity index (χ1) is 27.0. The molecule has 0 radical (unpaired) electrons. The molecule has 0 heterocycles. The lowest BCUT2D eigenvalue weighted by Crippen LogP contribution is -2.75. The maximum absolute atomic E-state index is 14.2. The summed E-state index contributed by atoms with van der Waals surface area (Å²) >= 11 is 0. The second-order valence-corrected chi connectivity index (χ2v) is 12.6. The van der Waals surface area contributed by atoms with Crippen molar-refractivity contribution in [3.05, 3.63) is 117 Å². The first-order valence-electron chi connectivity index (χ1n) is 15.4. The van der Waals surface area contributed by atoms with Crippen LogP contribution in [0.15, 0.2) is 72.8 Å². The van der Waals surface area contributed by atoms with Gasteiger partial charge in [-0.3, -0.25) is 0 Å². The van der Waals surface area contributed by atoms with E-state index in [-0.39, 0.29) is 0 Å². The van der Waals surface area contributed by atoms with E-state index in [2.05, 4.69) is 0 Å². The minimum atomic E-state index is -6.13. The van der Waals surface area contributed by atoms with Gasteiger partial charge < -0.3 is 15.1 Å². The largest absolute Gasteiger partial charge is 0.631 e. The highest BCUT2D eigenvalue weighted by molar-refractivity contribution is 7.20. The standard InChI is InChI=1S/C32H12BF24.BH3O3/c34-25(35,36)13-1-14(26(37,38)39)6-21(5-13)33(22-7-15(27(40,41)42)2-16(8-22)28(43,44)45,23-9-17(29(46,47)48)3-18(10-23)30(49,50)51)24-11-19(31(52,53)54)4-20(12-24)32(55,56)57;2-1(3)4/h1-12H;2-4H/q-1;. The van der Waals surface area contributed by atoms with Gasteiger partial charge >= 0.3 is 56.7 Å². The first kappa shape index (κ1) is 50.6. The van der Waals surface area contributed by atoms with Crippen molar-refractivity contribution in [3.8, 4) is 0 Å². The van der Waals surface area contributed by atoms with Crippen LogP contribution in [0.25, 0.3) is 0 Å². The van der Waals surface area contributed by atoms with Crippen molar-refractivity contribution in [3.63, 3.8) is 0 Å². The predicted octanol–water partition coefficient (Wildman–Crippen LogP) is 9.16. The van der Waals surface area contributed by atoms with Crippen molar-refractivity contribution in [2.75, 3.05) is 0 Å². The average molecular weight is 925 g/mol. The Bertz CT molecular complexity index is 1770. The van der Waals surface area contributed by atoms with Gasteiger partial charge in [0.25, 0.3) is 0 Å². The van der Waals surface area contributed by atoms with E-state index in [1.165, 1.54) is 0 Å². The summed E-state index contributed by atoms with van der Waals surface area (Å²) in [6, 6.07) is -8.81. The summed E-state index contributed by atoms with van der Waals surface area (Å²) in [5.74, 6) is 0. The molecule has 3 N–H and O–H groups in total. The molecule has 4 rings (SSSR count). The fourth-order valence-corrected chi connectivity index (χ4v) is 6.07. The molecule has 4 aromatic carbocycles. The molecule has 0 saturated heterocycles. The summed E-state index contributed by atoms with van der Waals surface area (Å²) < 4.78 is 341. The van der Waals surface area contributed by atoms with E-state index in [1.807, 2.05) is 0 Å². The van der Waals surface area contributed by atoms with Crippen LogP contribution in [0.2, 0.25) is 0 Å². The highest BCUT2D eigenvalue weighted by Crippen LogP contribution is 2.41. The van der Waals surface area contributed by atoms with Crippen LogP contribution in [-0.2, 0) is 49.4 Å². The first-order valence-corrected chi connectivity index (χ1v) is 15.4. The van der Waals surface area contributed by atoms with E-state index in [4.69, 9.17) is 15.1 Å². The number of halogens is 24. The summed E-state index contributed by atoms with van der Waals surface area (Å²) in [6.07, 6.45) is -54.8. The zero-order valence-corrected chi connectivity index (χ0v) is 28.5. The fraction of sp³-hybridized carbons (Fsp3) is 0.250. The van der Waals surface area contributed by atoms with Crippen LogP contribution in [0.3, 0.4) is 0 Å². The van der Waals surface area contributed by atoms with Gasteiger partial charge in [0.1, 0.15) is 6.15 Å². The van der Waals surface area contributed by atoms with Gasteiger partial charge in [-0.1, -0.05) is 48.5 Å². The molecule has 0 amide bonds. The minimum absolute atomic E-state index is 0.691. The molecule has 4 aromatic rings. The van der Waals surface area contributed by atoms with Crippen LogP contribution in [0.4, 0.5) is 105 Å². The Morgan fingerprint density at radius 2 is 0.344 bits per heavy atom. The van der Waals surface area contributed by atoms with Gasteiger partial charge in [-0.2, -0.15) is 127 Å². The molecule has 0 aliphatic heterocycles. The number of rotatable bonds is 4. The van der Waals surface area contributed by atoms with Gasteiger partial charge in [-0.15, -0.1) is 0 Å². The number of hydrogen-bond acceptors (Lipinski definition) is 3. The van der Waals surface area contributed by atoms with Crippen molar-refractivity contribution in [1.82, 2.24) is 0 Å². The van der Waals surface area contributed by atoms with E-state index in [0.29, 0.717) is 0 Å². The molecule has 0 unspecified atom stereocenters. The van der Waals surface area contributed by atoms with Crippen LogP contribution in [0, 0.1) is 0 Å². The van der Waals surface area contributed by atoms with Crippen LogP contribution < -0.4 is 21.9 Å². The van der Waals surface area contributed by atoms with E-state index < -0.39 is 202 Å². The van der Waals surface area contributed by atoms with E-state index in [9.17, 15) is 105 Å². The third kappa shape index (κ3) is 11.8. The van der Waals surface area contributed by atoms with Crippen molar-refractivity contribution >= 4 is 35.3 Å². The maximum Gasteiger partial charge on any atom is 0.631 e. The van der Waals surface area contributed by atoms with Gasteiger partial charge in [0.05, 0.1) is 44.5 Å². The smallest absolute Gasteiger partial charge is 0.402 e. The highest BCUT2D eigenvalue weighted by atomic mass is 19.4. The quantitative estimate of drug-likeness (QED) is 0.142. The van der Waals surface area contributed by atoms with Gasteiger partial charge in [0.15, 0.2) is 0 Å². The van der Waals surface area contributed by atoms with Crippen LogP contribution in [0.5, 0.6) is 0 Å². The van der Waals surface area contributed by atoms with E-state index >= 15 is 0 Å². The van der Waals surface area contributed by atoms with Crippen LogP contribution in [0.1, 0.15) is 44.5 Å². The fourth-order valence-electron chi connectivity index (χ4n) is 6.07. The second kappa shape index (κ2) is 16.2. The Hall–Kier alpha value is -4.79. The van der Waals surface area contributed by atoms with Crippen molar-refractivity contribution < 1.29 is 120 Å². The Kier molecular flexibility index (Phi) is 13.4. The summed E-state index contributed by atoms with van der Waals surface area (Å²) in [5, 5.41) is 21.5. The normalized spacial score (nSPS) is 13.8. The Labute approximate surface area is 322 Å². The molecular weight excluding hydrogens is 910 g/mol. The summed E-state index contributed by atoms with van der Waals surface area (Å²) in [7, 11) is -2.17. The number of hydrogen-bond donors (Lipinski definition) is 3. The maximum atomic E-state index is 14.2. The molecule has 0 aliphatic carbocycles. The molecule has 0 spiro atoms. The molecular formula is C32H15B2F24O3-.